The summed E-state index contributed by atoms with van der Waals surface area (Å²) in [5.74, 6) is 1.94. The maximum Gasteiger partial charge on any atom is 0.334 e. The summed E-state index contributed by atoms with van der Waals surface area (Å²) in [6.45, 7) is 0. The van der Waals surface area contributed by atoms with Crippen LogP contribution in [0, 0.1) is 23.7 Å². The molecule has 0 atom stereocenters. The molecule has 4 fully saturated rings. The van der Waals surface area contributed by atoms with Crippen molar-refractivity contribution in [1.29, 1.82) is 0 Å². The van der Waals surface area contributed by atoms with Crippen LogP contribution >= 0.6 is 0 Å². The van der Waals surface area contributed by atoms with E-state index in [1.807, 2.05) is 0 Å². The Morgan fingerprint density at radius 2 is 1.50 bits per heavy atom. The molecule has 0 N–H and O–H groups in total. The van der Waals surface area contributed by atoms with Crippen LogP contribution in [-0.2, 0) is 19.1 Å². The predicted molar refractivity (Wildman–Crippen MR) is 72.7 cm³/mol. The lowest BCUT2D eigenvalue weighted by atomic mass is 9.53. The Kier molecular flexibility index (Phi) is 3.57. The van der Waals surface area contributed by atoms with Crippen LogP contribution in [0.25, 0.3) is 0 Å². The van der Waals surface area contributed by atoms with E-state index in [1.54, 1.807) is 0 Å². The van der Waals surface area contributed by atoms with Crippen LogP contribution in [0.2, 0.25) is 0 Å². The minimum Gasteiger partial charge on any atom is -0.469 e. The fourth-order valence-corrected chi connectivity index (χ4v) is 4.82. The van der Waals surface area contributed by atoms with Gasteiger partial charge in [-0.1, -0.05) is 5.57 Å². The highest BCUT2D eigenvalue weighted by Crippen LogP contribution is 2.57. The molecule has 0 spiro atoms. The van der Waals surface area contributed by atoms with E-state index in [1.165, 1.54) is 51.9 Å². The van der Waals surface area contributed by atoms with Gasteiger partial charge in [0.15, 0.2) is 0 Å². The van der Waals surface area contributed by atoms with Crippen molar-refractivity contribution in [3.8, 4) is 0 Å². The standard InChI is InChI=1S/C16H22O4/c1-19-14(17)8-13(16(18)20-2)15-11-4-9-3-10(6-11)7-12(15)5-9/h9-12H,3-8H2,1-2H3. The van der Waals surface area contributed by atoms with Gasteiger partial charge in [0, 0.05) is 5.57 Å². The Morgan fingerprint density at radius 1 is 0.950 bits per heavy atom. The first-order valence-electron chi connectivity index (χ1n) is 7.50. The van der Waals surface area contributed by atoms with Crippen molar-refractivity contribution < 1.29 is 19.1 Å². The molecule has 0 aromatic carbocycles. The summed E-state index contributed by atoms with van der Waals surface area (Å²) in [6.07, 6.45) is 6.16. The second-order valence-corrected chi connectivity index (χ2v) is 6.48. The highest BCUT2D eigenvalue weighted by molar-refractivity contribution is 5.94. The first-order chi connectivity index (χ1) is 9.62. The molecule has 0 heterocycles. The zero-order valence-corrected chi connectivity index (χ0v) is 12.2. The van der Waals surface area contributed by atoms with E-state index in [0.717, 1.165) is 11.8 Å². The number of ether oxygens (including phenoxy) is 2. The molecule has 0 aromatic heterocycles. The summed E-state index contributed by atoms with van der Waals surface area (Å²) in [5, 5.41) is 0. The molecule has 4 nitrogen and oxygen atoms in total. The van der Waals surface area contributed by atoms with Crippen LogP contribution in [0.3, 0.4) is 0 Å². The van der Waals surface area contributed by atoms with Crippen LogP contribution in [0.1, 0.15) is 38.5 Å². The van der Waals surface area contributed by atoms with Gasteiger partial charge in [-0.25, -0.2) is 4.79 Å². The van der Waals surface area contributed by atoms with Crippen molar-refractivity contribution in [1.82, 2.24) is 0 Å². The number of carbonyl (C=O) groups is 2. The number of hydrogen-bond donors (Lipinski definition) is 0. The van der Waals surface area contributed by atoms with Gasteiger partial charge < -0.3 is 9.47 Å². The van der Waals surface area contributed by atoms with Gasteiger partial charge in [0.2, 0.25) is 0 Å². The molecule has 0 unspecified atom stereocenters. The molecule has 4 heteroatoms. The Labute approximate surface area is 119 Å². The highest BCUT2D eigenvalue weighted by Gasteiger charge is 2.47. The van der Waals surface area contributed by atoms with Gasteiger partial charge >= 0.3 is 11.9 Å². The van der Waals surface area contributed by atoms with Crippen molar-refractivity contribution >= 4 is 11.9 Å². The molecular formula is C16H22O4. The van der Waals surface area contributed by atoms with Crippen LogP contribution < -0.4 is 0 Å². The SMILES string of the molecule is COC(=O)CC(C(=O)OC)=C1C2CC3CC(C2)CC1C3. The summed E-state index contributed by atoms with van der Waals surface area (Å²) in [4.78, 5) is 23.7. The van der Waals surface area contributed by atoms with Gasteiger partial charge in [-0.15, -0.1) is 0 Å². The average molecular weight is 278 g/mol. The monoisotopic (exact) mass is 278 g/mol. The van der Waals surface area contributed by atoms with Gasteiger partial charge in [-0.05, 0) is 55.8 Å². The quantitative estimate of drug-likeness (QED) is 0.588. The largest absolute Gasteiger partial charge is 0.469 e. The molecule has 4 rings (SSSR count). The zero-order chi connectivity index (χ0) is 14.3. The summed E-state index contributed by atoms with van der Waals surface area (Å²) >= 11 is 0. The van der Waals surface area contributed by atoms with Crippen molar-refractivity contribution in [3.63, 3.8) is 0 Å². The van der Waals surface area contributed by atoms with E-state index in [2.05, 4.69) is 0 Å². The van der Waals surface area contributed by atoms with Crippen LogP contribution in [0.4, 0.5) is 0 Å². The molecular weight excluding hydrogens is 256 g/mol. The van der Waals surface area contributed by atoms with Gasteiger partial charge in [-0.2, -0.15) is 0 Å². The minimum absolute atomic E-state index is 0.0564. The van der Waals surface area contributed by atoms with Crippen molar-refractivity contribution in [3.05, 3.63) is 11.1 Å². The van der Waals surface area contributed by atoms with E-state index in [0.29, 0.717) is 17.4 Å². The van der Waals surface area contributed by atoms with Gasteiger partial charge in [-0.3, -0.25) is 4.79 Å². The summed E-state index contributed by atoms with van der Waals surface area (Å²) in [7, 11) is 2.75. The molecule has 0 aliphatic heterocycles. The van der Waals surface area contributed by atoms with Crippen LogP contribution in [-0.4, -0.2) is 26.2 Å². The van der Waals surface area contributed by atoms with Crippen molar-refractivity contribution in [2.45, 2.75) is 38.5 Å². The van der Waals surface area contributed by atoms with Gasteiger partial charge in [0.05, 0.1) is 20.6 Å². The molecule has 4 saturated carbocycles. The number of methoxy groups -OCH3 is 2. The normalized spacial score (nSPS) is 34.0. The number of allylic oxidation sites excluding steroid dienone is 1. The van der Waals surface area contributed by atoms with Crippen molar-refractivity contribution in [2.24, 2.45) is 23.7 Å². The lowest BCUT2D eigenvalue weighted by Gasteiger charge is -2.52. The third kappa shape index (κ3) is 2.25. The lowest BCUT2D eigenvalue weighted by Crippen LogP contribution is -2.41. The molecule has 4 aliphatic carbocycles. The fraction of sp³-hybridized carbons (Fsp3) is 0.750. The topological polar surface area (TPSA) is 52.6 Å². The fourth-order valence-electron chi connectivity index (χ4n) is 4.82. The molecule has 0 saturated heterocycles. The molecule has 110 valence electrons. The molecule has 4 bridgehead atoms. The number of carbonyl (C=O) groups excluding carboxylic acids is 2. The number of hydrogen-bond acceptors (Lipinski definition) is 4. The third-order valence-electron chi connectivity index (χ3n) is 5.35. The predicted octanol–water partition coefficient (Wildman–Crippen LogP) is 2.48. The molecule has 0 aromatic rings. The Hall–Kier alpha value is -1.32. The second kappa shape index (κ2) is 5.23. The summed E-state index contributed by atoms with van der Waals surface area (Å²) < 4.78 is 9.65. The summed E-state index contributed by atoms with van der Waals surface area (Å²) in [6, 6.07) is 0. The Bertz CT molecular complexity index is 433. The number of esters is 2. The lowest BCUT2D eigenvalue weighted by molar-refractivity contribution is -0.143. The molecule has 20 heavy (non-hydrogen) atoms. The smallest absolute Gasteiger partial charge is 0.334 e. The zero-order valence-electron chi connectivity index (χ0n) is 12.2. The van der Waals surface area contributed by atoms with E-state index in [-0.39, 0.29) is 18.4 Å². The first-order valence-corrected chi connectivity index (χ1v) is 7.50. The Balaban J connectivity index is 1.94. The van der Waals surface area contributed by atoms with Crippen LogP contribution in [0.5, 0.6) is 0 Å². The van der Waals surface area contributed by atoms with E-state index < -0.39 is 0 Å². The van der Waals surface area contributed by atoms with Crippen LogP contribution in [0.15, 0.2) is 11.1 Å². The van der Waals surface area contributed by atoms with Gasteiger partial charge in [0.25, 0.3) is 0 Å². The molecule has 0 radical (unpaired) electrons. The maximum absolute atomic E-state index is 12.1. The Morgan fingerprint density at radius 3 is 1.95 bits per heavy atom. The minimum atomic E-state index is -0.355. The number of rotatable bonds is 3. The van der Waals surface area contributed by atoms with E-state index in [9.17, 15) is 9.59 Å². The third-order valence-corrected chi connectivity index (χ3v) is 5.35. The van der Waals surface area contributed by atoms with Gasteiger partial charge in [0.1, 0.15) is 0 Å². The molecule has 4 aliphatic rings. The second-order valence-electron chi connectivity index (χ2n) is 6.48. The van der Waals surface area contributed by atoms with Crippen molar-refractivity contribution in [2.75, 3.05) is 14.2 Å². The summed E-state index contributed by atoms with van der Waals surface area (Å²) in [5.41, 5.74) is 1.79. The highest BCUT2D eigenvalue weighted by atomic mass is 16.5. The average Bonchev–Trinajstić information content (AvgIpc) is 2.43. The van der Waals surface area contributed by atoms with E-state index >= 15 is 0 Å². The molecule has 0 amide bonds. The first kappa shape index (κ1) is 13.7. The van der Waals surface area contributed by atoms with E-state index in [4.69, 9.17) is 9.47 Å². The maximum atomic E-state index is 12.1.